The molecule has 0 aliphatic carbocycles. The van der Waals surface area contributed by atoms with Crippen molar-refractivity contribution in [1.29, 1.82) is 0 Å². The van der Waals surface area contributed by atoms with Crippen LogP contribution in [0.1, 0.15) is 122 Å². The van der Waals surface area contributed by atoms with Gasteiger partial charge in [0.2, 0.25) is 0 Å². The van der Waals surface area contributed by atoms with Crippen LogP contribution in [-0.4, -0.2) is 13.2 Å². The van der Waals surface area contributed by atoms with Gasteiger partial charge in [-0.2, -0.15) is 0 Å². The van der Waals surface area contributed by atoms with Crippen molar-refractivity contribution in [3.63, 3.8) is 0 Å². The van der Waals surface area contributed by atoms with Gasteiger partial charge in [0.05, 0.1) is 13.2 Å². The monoisotopic (exact) mass is 484 g/mol. The molecular weight excluding hydrogens is 435 g/mol. The van der Waals surface area contributed by atoms with Crippen LogP contribution < -0.4 is 4.89 Å². The van der Waals surface area contributed by atoms with E-state index in [1.54, 1.807) is 12.1 Å². The van der Waals surface area contributed by atoms with Crippen LogP contribution >= 0.6 is 7.82 Å². The van der Waals surface area contributed by atoms with E-state index in [0.717, 1.165) is 31.2 Å². The fourth-order valence-electron chi connectivity index (χ4n) is 3.59. The molecule has 33 heavy (non-hydrogen) atoms. The standard InChI is InChI=1S/C27H49O5P/c1-4-6-8-10-12-14-16-18-24-29-33(28,32-31-27-22-20-26(3)21-23-27)30-25-19-17-15-13-11-9-7-5-2/h20-23H,4-19,24-25H2,1-3H3. The Morgan fingerprint density at radius 1 is 0.606 bits per heavy atom. The number of benzene rings is 1. The lowest BCUT2D eigenvalue weighted by Gasteiger charge is -2.17. The van der Waals surface area contributed by atoms with Gasteiger partial charge in [-0.05, 0) is 31.9 Å². The molecule has 192 valence electrons. The molecule has 0 unspecified atom stereocenters. The van der Waals surface area contributed by atoms with E-state index >= 15 is 0 Å². The van der Waals surface area contributed by atoms with Gasteiger partial charge in [0, 0.05) is 0 Å². The minimum absolute atomic E-state index is 0.348. The highest BCUT2D eigenvalue weighted by Gasteiger charge is 2.29. The van der Waals surface area contributed by atoms with E-state index in [1.807, 2.05) is 19.1 Å². The molecule has 1 aromatic rings. The quantitative estimate of drug-likeness (QED) is 0.0669. The first kappa shape index (κ1) is 30.2. The lowest BCUT2D eigenvalue weighted by molar-refractivity contribution is -0.132. The van der Waals surface area contributed by atoms with Crippen molar-refractivity contribution in [2.45, 2.75) is 124 Å². The fraction of sp³-hybridized carbons (Fsp3) is 0.778. The summed E-state index contributed by atoms with van der Waals surface area (Å²) in [6, 6.07) is 7.37. The van der Waals surface area contributed by atoms with Crippen LogP contribution in [0, 0.1) is 6.92 Å². The van der Waals surface area contributed by atoms with Crippen LogP contribution in [0.2, 0.25) is 0 Å². The number of unbranched alkanes of at least 4 members (excludes halogenated alkanes) is 14. The second-order valence-electron chi connectivity index (χ2n) is 9.03. The molecule has 0 spiro atoms. The molecule has 0 saturated heterocycles. The van der Waals surface area contributed by atoms with Crippen LogP contribution in [0.25, 0.3) is 0 Å². The molecule has 0 aliphatic rings. The molecular formula is C27H49O5P. The zero-order valence-electron chi connectivity index (χ0n) is 21.5. The smallest absolute Gasteiger partial charge is 0.327 e. The van der Waals surface area contributed by atoms with E-state index in [4.69, 9.17) is 18.6 Å². The summed E-state index contributed by atoms with van der Waals surface area (Å²) in [6.07, 6.45) is 19.1. The first-order valence-electron chi connectivity index (χ1n) is 13.4. The highest BCUT2D eigenvalue weighted by Crippen LogP contribution is 2.50. The Labute approximate surface area is 203 Å². The molecule has 0 aliphatic heterocycles. The van der Waals surface area contributed by atoms with Crippen molar-refractivity contribution in [2.75, 3.05) is 13.2 Å². The maximum absolute atomic E-state index is 13.1. The second kappa shape index (κ2) is 20.5. The zero-order valence-corrected chi connectivity index (χ0v) is 22.4. The van der Waals surface area contributed by atoms with E-state index in [0.29, 0.717) is 19.0 Å². The Morgan fingerprint density at radius 3 is 1.42 bits per heavy atom. The number of hydrogen-bond donors (Lipinski definition) is 0. The lowest BCUT2D eigenvalue weighted by atomic mass is 10.1. The largest absolute Gasteiger partial charge is 0.511 e. The Hall–Kier alpha value is -0.870. The number of phosphoric acid groups is 1. The third-order valence-corrected chi connectivity index (χ3v) is 7.00. The van der Waals surface area contributed by atoms with Crippen LogP contribution in [0.15, 0.2) is 24.3 Å². The van der Waals surface area contributed by atoms with Crippen molar-refractivity contribution in [1.82, 2.24) is 0 Å². The molecule has 0 aromatic heterocycles. The van der Waals surface area contributed by atoms with E-state index < -0.39 is 7.82 Å². The maximum atomic E-state index is 13.1. The van der Waals surface area contributed by atoms with E-state index in [9.17, 15) is 4.57 Å². The first-order valence-corrected chi connectivity index (χ1v) is 14.9. The zero-order chi connectivity index (χ0) is 24.0. The van der Waals surface area contributed by atoms with Gasteiger partial charge in [-0.1, -0.05) is 126 Å². The van der Waals surface area contributed by atoms with Crippen LogP contribution in [0.5, 0.6) is 5.75 Å². The van der Waals surface area contributed by atoms with Gasteiger partial charge in [-0.25, -0.2) is 4.57 Å². The highest BCUT2D eigenvalue weighted by atomic mass is 31.2. The van der Waals surface area contributed by atoms with Gasteiger partial charge in [0.25, 0.3) is 0 Å². The van der Waals surface area contributed by atoms with Gasteiger partial charge >= 0.3 is 7.82 Å². The van der Waals surface area contributed by atoms with Crippen molar-refractivity contribution >= 4 is 7.82 Å². The van der Waals surface area contributed by atoms with Crippen molar-refractivity contribution in [3.8, 4) is 5.75 Å². The molecule has 1 rings (SSSR count). The Balaban J connectivity index is 2.31. The Morgan fingerprint density at radius 2 is 1.00 bits per heavy atom. The number of hydrogen-bond acceptors (Lipinski definition) is 5. The molecule has 0 amide bonds. The Kier molecular flexibility index (Phi) is 18.7. The lowest BCUT2D eigenvalue weighted by Crippen LogP contribution is -2.05. The number of phosphoric ester groups is 1. The summed E-state index contributed by atoms with van der Waals surface area (Å²) in [7, 11) is -3.76. The van der Waals surface area contributed by atoms with Gasteiger partial charge in [0.1, 0.15) is 0 Å². The summed E-state index contributed by atoms with van der Waals surface area (Å²) in [5.74, 6) is 0.479. The molecule has 0 bridgehead atoms. The second-order valence-corrected chi connectivity index (χ2v) is 10.6. The molecule has 6 heteroatoms. The minimum Gasteiger partial charge on any atom is -0.327 e. The topological polar surface area (TPSA) is 54.0 Å². The SMILES string of the molecule is CCCCCCCCCCOP(=O)(OCCCCCCCCCC)OOc1ccc(C)cc1. The third kappa shape index (κ3) is 17.3. The minimum atomic E-state index is -3.76. The third-order valence-electron chi connectivity index (χ3n) is 5.74. The maximum Gasteiger partial charge on any atom is 0.511 e. The summed E-state index contributed by atoms with van der Waals surface area (Å²) < 4.78 is 29.4. The molecule has 0 fully saturated rings. The predicted molar refractivity (Wildman–Crippen MR) is 138 cm³/mol. The molecule has 0 saturated carbocycles. The van der Waals surface area contributed by atoms with Gasteiger partial charge < -0.3 is 4.89 Å². The first-order chi connectivity index (χ1) is 16.1. The number of rotatable bonds is 23. The van der Waals surface area contributed by atoms with E-state index in [2.05, 4.69) is 13.8 Å². The summed E-state index contributed by atoms with van der Waals surface area (Å²) >= 11 is 0. The average molecular weight is 485 g/mol. The Bertz CT molecular complexity index is 579. The molecule has 0 radical (unpaired) electrons. The summed E-state index contributed by atoms with van der Waals surface area (Å²) in [5.41, 5.74) is 1.11. The predicted octanol–water partition coefficient (Wildman–Crippen LogP) is 9.73. The van der Waals surface area contributed by atoms with Crippen LogP contribution in [0.4, 0.5) is 0 Å². The van der Waals surface area contributed by atoms with Crippen molar-refractivity contribution in [2.24, 2.45) is 0 Å². The number of aryl methyl sites for hydroxylation is 1. The normalized spacial score (nSPS) is 11.7. The summed E-state index contributed by atoms with van der Waals surface area (Å²) in [5, 5.41) is 0. The average Bonchev–Trinajstić information content (AvgIpc) is 2.82. The molecule has 0 N–H and O–H groups in total. The van der Waals surface area contributed by atoms with Gasteiger partial charge in [-0.3, -0.25) is 9.05 Å². The van der Waals surface area contributed by atoms with Crippen molar-refractivity contribution < 1.29 is 23.2 Å². The van der Waals surface area contributed by atoms with Gasteiger partial charge in [0.15, 0.2) is 5.75 Å². The van der Waals surface area contributed by atoms with Crippen molar-refractivity contribution in [3.05, 3.63) is 29.8 Å². The molecule has 1 aromatic carbocycles. The van der Waals surface area contributed by atoms with Crippen LogP contribution in [-0.2, 0) is 18.3 Å². The molecule has 5 nitrogen and oxygen atoms in total. The fourth-order valence-corrected chi connectivity index (χ4v) is 4.63. The summed E-state index contributed by atoms with van der Waals surface area (Å²) in [6.45, 7) is 7.16. The van der Waals surface area contributed by atoms with E-state index in [-0.39, 0.29) is 0 Å². The molecule has 0 atom stereocenters. The highest BCUT2D eigenvalue weighted by molar-refractivity contribution is 7.48. The summed E-state index contributed by atoms with van der Waals surface area (Å²) in [4.78, 5) is 5.28. The van der Waals surface area contributed by atoms with Crippen LogP contribution in [0.3, 0.4) is 0 Å². The molecule has 0 heterocycles. The van der Waals surface area contributed by atoms with E-state index in [1.165, 1.54) is 77.0 Å². The van der Waals surface area contributed by atoms with Gasteiger partial charge in [-0.15, -0.1) is 0 Å².